The molecule has 0 bridgehead atoms. The van der Waals surface area contributed by atoms with E-state index >= 15 is 0 Å². The molecule has 4 nitrogen and oxygen atoms in total. The molecule has 0 spiro atoms. The van der Waals surface area contributed by atoms with E-state index in [9.17, 15) is 14.7 Å². The molecule has 0 heterocycles. The smallest absolute Gasteiger partial charge is 0.338 e. The molecule has 2 rings (SSSR count). The zero-order chi connectivity index (χ0) is 15.6. The monoisotopic (exact) mass is 323 g/mol. The van der Waals surface area contributed by atoms with E-state index in [1.807, 2.05) is 0 Å². The third-order valence-electron chi connectivity index (χ3n) is 2.86. The van der Waals surface area contributed by atoms with Crippen molar-refractivity contribution in [3.8, 4) is 0 Å². The molecule has 6 heteroatoms. The van der Waals surface area contributed by atoms with Gasteiger partial charge in [0.25, 0.3) is 5.91 Å². The van der Waals surface area contributed by atoms with E-state index in [-0.39, 0.29) is 16.8 Å². The molecular formula is C15H11Cl2NO3. The Morgan fingerprint density at radius 3 is 2.29 bits per heavy atom. The molecule has 2 N–H and O–H groups in total. The molecule has 0 fully saturated rings. The van der Waals surface area contributed by atoms with Gasteiger partial charge < -0.3 is 10.4 Å². The molecule has 2 aromatic rings. The number of benzene rings is 2. The number of aromatic carboxylic acids is 1. The van der Waals surface area contributed by atoms with Gasteiger partial charge in [0.1, 0.15) is 0 Å². The molecule has 1 amide bonds. The van der Waals surface area contributed by atoms with Gasteiger partial charge in [-0.2, -0.15) is 0 Å². The van der Waals surface area contributed by atoms with Gasteiger partial charge in [-0.3, -0.25) is 4.79 Å². The first-order valence-electron chi connectivity index (χ1n) is 5.99. The topological polar surface area (TPSA) is 66.4 Å². The number of aryl methyl sites for hydroxylation is 1. The average molecular weight is 324 g/mol. The Morgan fingerprint density at radius 1 is 1.10 bits per heavy atom. The van der Waals surface area contributed by atoms with Crippen LogP contribution in [0.25, 0.3) is 0 Å². The van der Waals surface area contributed by atoms with E-state index in [2.05, 4.69) is 5.32 Å². The number of rotatable bonds is 3. The number of carbonyl (C=O) groups excluding carboxylic acids is 1. The normalized spacial score (nSPS) is 10.2. The van der Waals surface area contributed by atoms with Crippen molar-refractivity contribution in [1.82, 2.24) is 0 Å². The Bertz CT molecular complexity index is 709. The summed E-state index contributed by atoms with van der Waals surface area (Å²) in [6.45, 7) is 1.66. The van der Waals surface area contributed by atoms with Crippen LogP contribution < -0.4 is 5.32 Å². The van der Waals surface area contributed by atoms with E-state index in [4.69, 9.17) is 23.2 Å². The second-order valence-electron chi connectivity index (χ2n) is 4.41. The second kappa shape index (κ2) is 6.16. The SMILES string of the molecule is Cc1cccc(NC(=O)c2cc(Cl)cc(Cl)c2)c1C(=O)O. The number of amides is 1. The zero-order valence-corrected chi connectivity index (χ0v) is 12.5. The maximum atomic E-state index is 12.2. The Hall–Kier alpha value is -2.04. The fraction of sp³-hybridized carbons (Fsp3) is 0.0667. The zero-order valence-electron chi connectivity index (χ0n) is 11.0. The van der Waals surface area contributed by atoms with Gasteiger partial charge in [0.15, 0.2) is 0 Å². The van der Waals surface area contributed by atoms with Crippen LogP contribution in [0.5, 0.6) is 0 Å². The summed E-state index contributed by atoms with van der Waals surface area (Å²) >= 11 is 11.7. The number of hydrogen-bond donors (Lipinski definition) is 2. The first-order valence-corrected chi connectivity index (χ1v) is 6.74. The van der Waals surface area contributed by atoms with Crippen molar-refractivity contribution >= 4 is 40.8 Å². The van der Waals surface area contributed by atoms with Gasteiger partial charge in [-0.25, -0.2) is 4.79 Å². The highest BCUT2D eigenvalue weighted by atomic mass is 35.5. The molecule has 0 atom stereocenters. The molecule has 0 aliphatic heterocycles. The van der Waals surface area contributed by atoms with Crippen LogP contribution in [0, 0.1) is 6.92 Å². The number of anilines is 1. The van der Waals surface area contributed by atoms with E-state index in [0.717, 1.165) is 0 Å². The lowest BCUT2D eigenvalue weighted by Crippen LogP contribution is -2.15. The van der Waals surface area contributed by atoms with Crippen LogP contribution in [0.3, 0.4) is 0 Å². The Morgan fingerprint density at radius 2 is 1.71 bits per heavy atom. The molecule has 0 saturated heterocycles. The third kappa shape index (κ3) is 3.54. The predicted octanol–water partition coefficient (Wildman–Crippen LogP) is 4.25. The van der Waals surface area contributed by atoms with E-state index in [1.165, 1.54) is 24.3 Å². The van der Waals surface area contributed by atoms with Gasteiger partial charge >= 0.3 is 5.97 Å². The van der Waals surface area contributed by atoms with Gasteiger partial charge in [0, 0.05) is 15.6 Å². The lowest BCUT2D eigenvalue weighted by atomic mass is 10.1. The van der Waals surface area contributed by atoms with Crippen LogP contribution in [0.1, 0.15) is 26.3 Å². The van der Waals surface area contributed by atoms with Crippen molar-refractivity contribution in [2.75, 3.05) is 5.32 Å². The van der Waals surface area contributed by atoms with Gasteiger partial charge in [-0.1, -0.05) is 35.3 Å². The standard InChI is InChI=1S/C15H11Cl2NO3/c1-8-3-2-4-12(13(8)15(20)21)18-14(19)9-5-10(16)7-11(17)6-9/h2-7H,1H3,(H,18,19)(H,20,21). The summed E-state index contributed by atoms with van der Waals surface area (Å²) < 4.78 is 0. The number of halogens is 2. The Kier molecular flexibility index (Phi) is 4.50. The molecular weight excluding hydrogens is 313 g/mol. The average Bonchev–Trinajstić information content (AvgIpc) is 2.37. The number of carboxylic acids is 1. The number of nitrogens with one attached hydrogen (secondary N) is 1. The molecule has 0 aliphatic carbocycles. The van der Waals surface area contributed by atoms with Gasteiger partial charge in [-0.15, -0.1) is 0 Å². The summed E-state index contributed by atoms with van der Waals surface area (Å²) in [6, 6.07) is 9.28. The third-order valence-corrected chi connectivity index (χ3v) is 3.30. The lowest BCUT2D eigenvalue weighted by molar-refractivity contribution is 0.0697. The van der Waals surface area contributed by atoms with Crippen LogP contribution in [0.15, 0.2) is 36.4 Å². The van der Waals surface area contributed by atoms with Gasteiger partial charge in [-0.05, 0) is 36.8 Å². The summed E-state index contributed by atoms with van der Waals surface area (Å²) in [4.78, 5) is 23.5. The largest absolute Gasteiger partial charge is 0.478 e. The fourth-order valence-corrected chi connectivity index (χ4v) is 2.46. The molecule has 2 aromatic carbocycles. The van der Waals surface area contributed by atoms with Crippen molar-refractivity contribution < 1.29 is 14.7 Å². The van der Waals surface area contributed by atoms with Crippen molar-refractivity contribution in [1.29, 1.82) is 0 Å². The molecule has 0 saturated carbocycles. The summed E-state index contributed by atoms with van der Waals surface area (Å²) in [5.41, 5.74) is 1.09. The van der Waals surface area contributed by atoms with E-state index in [0.29, 0.717) is 15.6 Å². The van der Waals surface area contributed by atoms with E-state index in [1.54, 1.807) is 19.1 Å². The summed E-state index contributed by atoms with van der Waals surface area (Å²) in [5, 5.41) is 12.4. The van der Waals surface area contributed by atoms with Crippen LogP contribution >= 0.6 is 23.2 Å². The first-order chi connectivity index (χ1) is 9.88. The molecule has 0 aliphatic rings. The predicted molar refractivity (Wildman–Crippen MR) is 82.6 cm³/mol. The minimum Gasteiger partial charge on any atom is -0.478 e. The second-order valence-corrected chi connectivity index (χ2v) is 5.29. The molecule has 0 radical (unpaired) electrons. The lowest BCUT2D eigenvalue weighted by Gasteiger charge is -2.11. The Balaban J connectivity index is 2.36. The molecule has 0 unspecified atom stereocenters. The van der Waals surface area contributed by atoms with Crippen LogP contribution in [0.2, 0.25) is 10.0 Å². The quantitative estimate of drug-likeness (QED) is 0.887. The van der Waals surface area contributed by atoms with Crippen LogP contribution in [-0.4, -0.2) is 17.0 Å². The van der Waals surface area contributed by atoms with E-state index < -0.39 is 11.9 Å². The van der Waals surface area contributed by atoms with Crippen molar-refractivity contribution in [2.45, 2.75) is 6.92 Å². The number of carboxylic acid groups (broad SMARTS) is 1. The van der Waals surface area contributed by atoms with Crippen LogP contribution in [-0.2, 0) is 0 Å². The number of carbonyl (C=O) groups is 2. The van der Waals surface area contributed by atoms with Crippen molar-refractivity contribution in [3.05, 3.63) is 63.1 Å². The first kappa shape index (κ1) is 15.4. The maximum Gasteiger partial charge on any atom is 0.338 e. The van der Waals surface area contributed by atoms with Crippen molar-refractivity contribution in [3.63, 3.8) is 0 Å². The highest BCUT2D eigenvalue weighted by Crippen LogP contribution is 2.23. The van der Waals surface area contributed by atoms with Gasteiger partial charge in [0.05, 0.1) is 11.3 Å². The van der Waals surface area contributed by atoms with Crippen molar-refractivity contribution in [2.24, 2.45) is 0 Å². The number of hydrogen-bond acceptors (Lipinski definition) is 2. The van der Waals surface area contributed by atoms with Gasteiger partial charge in [0.2, 0.25) is 0 Å². The molecule has 21 heavy (non-hydrogen) atoms. The summed E-state index contributed by atoms with van der Waals surface area (Å²) in [5.74, 6) is -1.58. The highest BCUT2D eigenvalue weighted by Gasteiger charge is 2.16. The molecule has 0 aromatic heterocycles. The summed E-state index contributed by atoms with van der Waals surface area (Å²) in [7, 11) is 0. The fourth-order valence-electron chi connectivity index (χ4n) is 1.94. The minimum absolute atomic E-state index is 0.0546. The summed E-state index contributed by atoms with van der Waals surface area (Å²) in [6.07, 6.45) is 0. The Labute approximate surface area is 131 Å². The minimum atomic E-state index is -1.10. The molecule has 108 valence electrons. The van der Waals surface area contributed by atoms with Crippen LogP contribution in [0.4, 0.5) is 5.69 Å². The maximum absolute atomic E-state index is 12.2. The highest BCUT2D eigenvalue weighted by molar-refractivity contribution is 6.35.